The van der Waals surface area contributed by atoms with E-state index in [9.17, 15) is 5.11 Å². The minimum Gasteiger partial charge on any atom is -0.508 e. The Morgan fingerprint density at radius 3 is 2.54 bits per heavy atom. The smallest absolute Gasteiger partial charge is 0.159 e. The van der Waals surface area contributed by atoms with Crippen LogP contribution in [0.2, 0.25) is 0 Å². The highest BCUT2D eigenvalue weighted by Gasteiger charge is 2.16. The minimum atomic E-state index is 0.0216. The maximum atomic E-state index is 9.36. The van der Waals surface area contributed by atoms with Crippen LogP contribution in [0.25, 0.3) is 11.4 Å². The van der Waals surface area contributed by atoms with E-state index < -0.39 is 0 Å². The fourth-order valence-electron chi connectivity index (χ4n) is 3.50. The van der Waals surface area contributed by atoms with Gasteiger partial charge in [-0.3, -0.25) is 0 Å². The summed E-state index contributed by atoms with van der Waals surface area (Å²) >= 11 is 0. The zero-order valence-corrected chi connectivity index (χ0v) is 16.8. The summed E-state index contributed by atoms with van der Waals surface area (Å²) < 4.78 is 11.6. The van der Waals surface area contributed by atoms with E-state index in [2.05, 4.69) is 16.9 Å². The van der Waals surface area contributed by atoms with Crippen molar-refractivity contribution in [3.8, 4) is 17.1 Å². The summed E-state index contributed by atoms with van der Waals surface area (Å²) in [5, 5.41) is 9.36. The minimum absolute atomic E-state index is 0.0216. The first-order valence-electron chi connectivity index (χ1n) is 10.6. The number of nitrogens with zero attached hydrogens (tertiary/aromatic N) is 2. The van der Waals surface area contributed by atoms with Crippen molar-refractivity contribution >= 4 is 0 Å². The second-order valence-corrected chi connectivity index (χ2v) is 7.66. The molecule has 0 bridgehead atoms. The molecule has 1 aliphatic rings. The number of hydrogen-bond donors (Lipinski definition) is 1. The van der Waals surface area contributed by atoms with Gasteiger partial charge in [-0.15, -0.1) is 0 Å². The highest BCUT2D eigenvalue weighted by molar-refractivity contribution is 5.55. The van der Waals surface area contributed by atoms with Gasteiger partial charge in [-0.25, -0.2) is 9.97 Å². The van der Waals surface area contributed by atoms with Crippen molar-refractivity contribution in [2.45, 2.75) is 77.1 Å². The van der Waals surface area contributed by atoms with E-state index in [4.69, 9.17) is 9.47 Å². The Balaban J connectivity index is 1.28. The summed E-state index contributed by atoms with van der Waals surface area (Å²) in [7, 11) is 0. The highest BCUT2D eigenvalue weighted by Crippen LogP contribution is 2.19. The van der Waals surface area contributed by atoms with Crippen LogP contribution in [0, 0.1) is 0 Å². The summed E-state index contributed by atoms with van der Waals surface area (Å²) in [6.07, 6.45) is 14.5. The summed E-state index contributed by atoms with van der Waals surface area (Å²) in [5.41, 5.74) is 2.09. The molecule has 152 valence electrons. The Labute approximate surface area is 168 Å². The van der Waals surface area contributed by atoms with E-state index in [-0.39, 0.29) is 18.1 Å². The third-order valence-corrected chi connectivity index (χ3v) is 5.18. The van der Waals surface area contributed by atoms with Gasteiger partial charge >= 0.3 is 0 Å². The van der Waals surface area contributed by atoms with Gasteiger partial charge in [-0.05, 0) is 75.3 Å². The van der Waals surface area contributed by atoms with Crippen LogP contribution in [-0.4, -0.2) is 34.1 Å². The molecule has 0 spiro atoms. The molecular weight excluding hydrogens is 352 g/mol. The van der Waals surface area contributed by atoms with Crippen LogP contribution in [0.4, 0.5) is 0 Å². The van der Waals surface area contributed by atoms with Gasteiger partial charge in [-0.1, -0.05) is 19.3 Å². The number of aromatic hydroxyl groups is 1. The van der Waals surface area contributed by atoms with Crippen molar-refractivity contribution < 1.29 is 14.6 Å². The summed E-state index contributed by atoms with van der Waals surface area (Å²) in [6.45, 7) is 3.00. The quantitative estimate of drug-likeness (QED) is 0.565. The van der Waals surface area contributed by atoms with Crippen LogP contribution in [0.3, 0.4) is 0 Å². The topological polar surface area (TPSA) is 64.5 Å². The molecule has 2 heterocycles. The Morgan fingerprint density at radius 2 is 1.82 bits per heavy atom. The van der Waals surface area contributed by atoms with Crippen LogP contribution >= 0.6 is 0 Å². The number of benzene rings is 1. The molecule has 1 aromatic heterocycles. The van der Waals surface area contributed by atoms with Crippen LogP contribution in [0.15, 0.2) is 36.7 Å². The number of rotatable bonds is 10. The molecule has 1 aliphatic heterocycles. The van der Waals surface area contributed by atoms with Gasteiger partial charge in [-0.2, -0.15) is 0 Å². The molecule has 0 aliphatic carbocycles. The van der Waals surface area contributed by atoms with Crippen molar-refractivity contribution in [3.05, 3.63) is 42.2 Å². The predicted molar refractivity (Wildman–Crippen MR) is 110 cm³/mol. The molecule has 2 aromatic rings. The van der Waals surface area contributed by atoms with E-state index in [1.165, 1.54) is 37.7 Å². The second kappa shape index (κ2) is 11.1. The van der Waals surface area contributed by atoms with Crippen LogP contribution < -0.4 is 0 Å². The van der Waals surface area contributed by atoms with Crippen molar-refractivity contribution in [2.75, 3.05) is 6.61 Å². The fraction of sp³-hybridized carbons (Fsp3) is 0.565. The van der Waals surface area contributed by atoms with Gasteiger partial charge < -0.3 is 14.6 Å². The number of aromatic nitrogens is 2. The van der Waals surface area contributed by atoms with Crippen molar-refractivity contribution in [1.29, 1.82) is 0 Å². The molecule has 1 aromatic carbocycles. The molecule has 5 heteroatoms. The molecule has 5 nitrogen and oxygen atoms in total. The maximum Gasteiger partial charge on any atom is 0.159 e. The lowest BCUT2D eigenvalue weighted by atomic mass is 10.1. The molecule has 0 saturated carbocycles. The molecule has 2 atom stereocenters. The van der Waals surface area contributed by atoms with E-state index >= 15 is 0 Å². The van der Waals surface area contributed by atoms with E-state index in [1.807, 2.05) is 24.5 Å². The third-order valence-electron chi connectivity index (χ3n) is 5.18. The lowest BCUT2D eigenvalue weighted by Crippen LogP contribution is -2.26. The second-order valence-electron chi connectivity index (χ2n) is 7.66. The normalized spacial score (nSPS) is 18.1. The average Bonchev–Trinajstić information content (AvgIpc) is 2.72. The van der Waals surface area contributed by atoms with Crippen molar-refractivity contribution in [3.63, 3.8) is 0 Å². The van der Waals surface area contributed by atoms with Crippen molar-refractivity contribution in [1.82, 2.24) is 9.97 Å². The molecule has 28 heavy (non-hydrogen) atoms. The van der Waals surface area contributed by atoms with Gasteiger partial charge in [0.25, 0.3) is 0 Å². The summed E-state index contributed by atoms with van der Waals surface area (Å²) in [6, 6.07) is 6.96. The number of phenols is 1. The number of unbranched alkanes of at least 4 members (excludes halogenated alkanes) is 3. The van der Waals surface area contributed by atoms with E-state index in [0.29, 0.717) is 5.82 Å². The molecule has 3 rings (SSSR count). The van der Waals surface area contributed by atoms with Crippen LogP contribution in [0.5, 0.6) is 5.75 Å². The van der Waals surface area contributed by atoms with Crippen molar-refractivity contribution in [2.24, 2.45) is 0 Å². The lowest BCUT2D eigenvalue weighted by Gasteiger charge is -2.26. The fourth-order valence-corrected chi connectivity index (χ4v) is 3.50. The predicted octanol–water partition coefficient (Wildman–Crippen LogP) is 5.27. The number of aryl methyl sites for hydroxylation is 1. The first-order valence-corrected chi connectivity index (χ1v) is 10.6. The summed E-state index contributed by atoms with van der Waals surface area (Å²) in [4.78, 5) is 8.90. The van der Waals surface area contributed by atoms with Crippen LogP contribution in [-0.2, 0) is 15.9 Å². The van der Waals surface area contributed by atoms with Gasteiger partial charge in [0.15, 0.2) is 12.1 Å². The number of ether oxygens (including phenoxy) is 2. The van der Waals surface area contributed by atoms with Crippen LogP contribution in [0.1, 0.15) is 63.9 Å². The molecule has 1 fully saturated rings. The van der Waals surface area contributed by atoms with E-state index in [0.717, 1.165) is 37.9 Å². The Morgan fingerprint density at radius 1 is 1.07 bits per heavy atom. The molecule has 0 amide bonds. The molecule has 0 radical (unpaired) electrons. The highest BCUT2D eigenvalue weighted by atomic mass is 16.7. The van der Waals surface area contributed by atoms with Gasteiger partial charge in [0.05, 0.1) is 6.10 Å². The monoisotopic (exact) mass is 384 g/mol. The van der Waals surface area contributed by atoms with Gasteiger partial charge in [0.1, 0.15) is 5.75 Å². The zero-order chi connectivity index (χ0) is 19.6. The Bertz CT molecular complexity index is 682. The number of phenolic OH excluding ortho intramolecular Hbond substituents is 1. The molecular formula is C23H32N2O3. The Kier molecular flexibility index (Phi) is 8.24. The zero-order valence-electron chi connectivity index (χ0n) is 16.8. The van der Waals surface area contributed by atoms with Gasteiger partial charge in [0.2, 0.25) is 0 Å². The first kappa shape index (κ1) is 20.7. The maximum absolute atomic E-state index is 9.36. The largest absolute Gasteiger partial charge is 0.508 e. The van der Waals surface area contributed by atoms with E-state index in [1.54, 1.807) is 12.1 Å². The lowest BCUT2D eigenvalue weighted by molar-refractivity contribution is -0.185. The molecule has 1 N–H and O–H groups in total. The Hall–Kier alpha value is -1.98. The molecule has 2 unspecified atom stereocenters. The summed E-state index contributed by atoms with van der Waals surface area (Å²) in [5.74, 6) is 0.948. The third kappa shape index (κ3) is 6.88. The molecule has 1 saturated heterocycles. The van der Waals surface area contributed by atoms with Gasteiger partial charge in [0, 0.05) is 24.6 Å². The standard InChI is InChI=1S/C23H32N2O3/c1-18(28-22-10-6-7-15-27-22)8-4-2-3-5-9-19-16-24-23(25-17-19)20-11-13-21(26)14-12-20/h11-14,16-18,22,26H,2-10,15H2,1H3. The SMILES string of the molecule is CC(CCCCCCc1cnc(-c2ccc(O)cc2)nc1)OC1CCCCO1. The number of hydrogen-bond acceptors (Lipinski definition) is 5. The average molecular weight is 385 g/mol. The first-order chi connectivity index (χ1) is 13.7.